The number of hydrogen-bond donors (Lipinski definition) is 1. The van der Waals surface area contributed by atoms with Crippen LogP contribution in [0.5, 0.6) is 0 Å². The number of benzene rings is 1. The monoisotopic (exact) mass is 308 g/mol. The van der Waals surface area contributed by atoms with E-state index in [2.05, 4.69) is 11.9 Å². The number of nitrogens with zero attached hydrogens (tertiary/aromatic N) is 1. The second-order valence-electron chi connectivity index (χ2n) is 4.97. The van der Waals surface area contributed by atoms with Gasteiger partial charge in [-0.15, -0.1) is 6.58 Å². The predicted octanol–water partition coefficient (Wildman–Crippen LogP) is 1.07. The highest BCUT2D eigenvalue weighted by atomic mass is 32.2. The maximum absolute atomic E-state index is 12.3. The molecule has 0 unspecified atom stereocenters. The van der Waals surface area contributed by atoms with Crippen molar-refractivity contribution in [1.82, 2.24) is 9.62 Å². The molecule has 1 aromatic rings. The van der Waals surface area contributed by atoms with E-state index in [1.54, 1.807) is 13.0 Å². The summed E-state index contributed by atoms with van der Waals surface area (Å²) < 4.78 is 25.9. The third kappa shape index (κ3) is 3.33. The second kappa shape index (κ2) is 6.41. The topological polar surface area (TPSA) is 66.5 Å². The lowest BCUT2D eigenvalue weighted by atomic mass is 9.95. The maximum atomic E-state index is 12.3. The van der Waals surface area contributed by atoms with Crippen molar-refractivity contribution in [2.75, 3.05) is 12.3 Å². The van der Waals surface area contributed by atoms with Gasteiger partial charge in [-0.05, 0) is 24.5 Å². The van der Waals surface area contributed by atoms with Crippen molar-refractivity contribution in [2.45, 2.75) is 25.9 Å². The molecule has 21 heavy (non-hydrogen) atoms. The first-order chi connectivity index (χ1) is 9.99. The van der Waals surface area contributed by atoms with Crippen molar-refractivity contribution in [3.8, 4) is 0 Å². The molecule has 0 saturated heterocycles. The van der Waals surface area contributed by atoms with Crippen LogP contribution in [0.2, 0.25) is 0 Å². The Balaban J connectivity index is 2.35. The predicted molar refractivity (Wildman–Crippen MR) is 82.1 cm³/mol. The van der Waals surface area contributed by atoms with Crippen LogP contribution in [0.3, 0.4) is 0 Å². The van der Waals surface area contributed by atoms with Gasteiger partial charge in [0.1, 0.15) is 6.04 Å². The van der Waals surface area contributed by atoms with Crippen LogP contribution in [-0.2, 0) is 27.8 Å². The fourth-order valence-electron chi connectivity index (χ4n) is 2.47. The number of nitrogens with one attached hydrogen (secondary N) is 1. The van der Waals surface area contributed by atoms with Crippen LogP contribution in [0.15, 0.2) is 36.9 Å². The minimum atomic E-state index is -3.44. The number of hydrogen-bond acceptors (Lipinski definition) is 3. The van der Waals surface area contributed by atoms with Gasteiger partial charge in [-0.2, -0.15) is 4.31 Å². The van der Waals surface area contributed by atoms with E-state index >= 15 is 0 Å². The highest BCUT2D eigenvalue weighted by Crippen LogP contribution is 2.26. The Bertz CT molecular complexity index is 640. The smallest absolute Gasteiger partial charge is 0.239 e. The fourth-order valence-corrected chi connectivity index (χ4v) is 3.70. The maximum Gasteiger partial charge on any atom is 0.239 e. The molecule has 0 fully saturated rings. The van der Waals surface area contributed by atoms with E-state index in [1.165, 1.54) is 4.31 Å². The third-order valence-corrected chi connectivity index (χ3v) is 5.48. The summed E-state index contributed by atoms with van der Waals surface area (Å²) in [7, 11) is -3.44. The molecule has 0 saturated carbocycles. The van der Waals surface area contributed by atoms with Crippen molar-refractivity contribution >= 4 is 15.9 Å². The molecule has 114 valence electrons. The largest absolute Gasteiger partial charge is 0.351 e. The van der Waals surface area contributed by atoms with Crippen LogP contribution < -0.4 is 5.32 Å². The first kappa shape index (κ1) is 15.7. The third-order valence-electron chi connectivity index (χ3n) is 3.65. The molecule has 1 N–H and O–H groups in total. The normalized spacial score (nSPS) is 18.8. The first-order valence-electron chi connectivity index (χ1n) is 6.94. The minimum Gasteiger partial charge on any atom is -0.351 e. The summed E-state index contributed by atoms with van der Waals surface area (Å²) in [4.78, 5) is 12.3. The number of sulfonamides is 1. The van der Waals surface area contributed by atoms with Crippen molar-refractivity contribution in [3.63, 3.8) is 0 Å². The van der Waals surface area contributed by atoms with Gasteiger partial charge in [0.25, 0.3) is 0 Å². The molecular formula is C15H20N2O3S. The van der Waals surface area contributed by atoms with Crippen molar-refractivity contribution < 1.29 is 13.2 Å². The van der Waals surface area contributed by atoms with E-state index in [0.29, 0.717) is 13.0 Å². The number of carbonyl (C=O) groups excluding carboxylic acids is 1. The molecule has 0 bridgehead atoms. The molecular weight excluding hydrogens is 288 g/mol. The number of fused-ring (bicyclic) bond motifs is 1. The Kier molecular flexibility index (Phi) is 4.80. The van der Waals surface area contributed by atoms with E-state index in [0.717, 1.165) is 11.1 Å². The molecule has 1 aromatic carbocycles. The van der Waals surface area contributed by atoms with Gasteiger partial charge in [0.05, 0.1) is 5.75 Å². The van der Waals surface area contributed by atoms with Gasteiger partial charge in [0, 0.05) is 13.1 Å². The van der Waals surface area contributed by atoms with Gasteiger partial charge in [0.15, 0.2) is 0 Å². The van der Waals surface area contributed by atoms with Crippen LogP contribution in [0.1, 0.15) is 18.1 Å². The fraction of sp³-hybridized carbons (Fsp3) is 0.400. The first-order valence-corrected chi connectivity index (χ1v) is 8.55. The summed E-state index contributed by atoms with van der Waals surface area (Å²) in [5, 5.41) is 2.70. The van der Waals surface area contributed by atoms with Crippen LogP contribution in [0.25, 0.3) is 0 Å². The Morgan fingerprint density at radius 3 is 2.71 bits per heavy atom. The van der Waals surface area contributed by atoms with E-state index in [-0.39, 0.29) is 18.2 Å². The van der Waals surface area contributed by atoms with Crippen LogP contribution in [0.4, 0.5) is 0 Å². The van der Waals surface area contributed by atoms with Crippen molar-refractivity contribution in [3.05, 3.63) is 48.0 Å². The number of amides is 1. The molecule has 2 rings (SSSR count). The number of rotatable bonds is 5. The van der Waals surface area contributed by atoms with Gasteiger partial charge in [0.2, 0.25) is 15.9 Å². The Morgan fingerprint density at radius 2 is 2.10 bits per heavy atom. The van der Waals surface area contributed by atoms with Gasteiger partial charge >= 0.3 is 0 Å². The summed E-state index contributed by atoms with van der Waals surface area (Å²) in [6, 6.07) is 6.95. The summed E-state index contributed by atoms with van der Waals surface area (Å²) in [6.45, 7) is 5.72. The van der Waals surface area contributed by atoms with Gasteiger partial charge in [-0.3, -0.25) is 4.79 Å². The Hall–Kier alpha value is -1.66. The minimum absolute atomic E-state index is 0.0135. The van der Waals surface area contributed by atoms with E-state index in [9.17, 15) is 13.2 Å². The van der Waals surface area contributed by atoms with Crippen LogP contribution in [0, 0.1) is 0 Å². The molecule has 0 radical (unpaired) electrons. The summed E-state index contributed by atoms with van der Waals surface area (Å²) >= 11 is 0. The lowest BCUT2D eigenvalue weighted by Gasteiger charge is -2.34. The van der Waals surface area contributed by atoms with Crippen molar-refractivity contribution in [2.24, 2.45) is 0 Å². The average Bonchev–Trinajstić information content (AvgIpc) is 2.51. The molecule has 0 aromatic heterocycles. The molecule has 1 amide bonds. The lowest BCUT2D eigenvalue weighted by Crippen LogP contribution is -2.52. The molecule has 1 heterocycles. The Labute approximate surface area is 125 Å². The highest BCUT2D eigenvalue weighted by molar-refractivity contribution is 7.89. The summed E-state index contributed by atoms with van der Waals surface area (Å²) in [5.41, 5.74) is 1.99. The molecule has 1 atom stereocenters. The quantitative estimate of drug-likeness (QED) is 0.827. The SMILES string of the molecule is C=CCNC(=O)[C@H]1Cc2ccccc2CN1S(=O)(=O)CC. The Morgan fingerprint density at radius 1 is 1.43 bits per heavy atom. The second-order valence-corrected chi connectivity index (χ2v) is 7.18. The zero-order chi connectivity index (χ0) is 15.5. The number of carbonyl (C=O) groups is 1. The average molecular weight is 308 g/mol. The van der Waals surface area contributed by atoms with E-state index in [1.807, 2.05) is 24.3 Å². The van der Waals surface area contributed by atoms with Gasteiger partial charge in [-0.25, -0.2) is 8.42 Å². The summed E-state index contributed by atoms with van der Waals surface area (Å²) in [5.74, 6) is -0.290. The molecule has 1 aliphatic heterocycles. The lowest BCUT2D eigenvalue weighted by molar-refractivity contribution is -0.125. The zero-order valence-corrected chi connectivity index (χ0v) is 12.9. The standard InChI is InChI=1S/C15H20N2O3S/c1-3-9-16-15(18)14-10-12-7-5-6-8-13(12)11-17(14)21(19,20)4-2/h3,5-8,14H,1,4,9-11H2,2H3,(H,16,18)/t14-/m1/s1. The zero-order valence-electron chi connectivity index (χ0n) is 12.1. The van der Waals surface area contributed by atoms with Crippen molar-refractivity contribution in [1.29, 1.82) is 0 Å². The van der Waals surface area contributed by atoms with Gasteiger partial charge < -0.3 is 5.32 Å². The molecule has 6 heteroatoms. The van der Waals surface area contributed by atoms with E-state index in [4.69, 9.17) is 0 Å². The van der Waals surface area contributed by atoms with E-state index < -0.39 is 16.1 Å². The molecule has 0 aliphatic carbocycles. The summed E-state index contributed by atoms with van der Waals surface area (Å²) in [6.07, 6.45) is 1.98. The highest BCUT2D eigenvalue weighted by Gasteiger charge is 2.37. The van der Waals surface area contributed by atoms with Crippen LogP contribution >= 0.6 is 0 Å². The molecule has 1 aliphatic rings. The molecule has 0 spiro atoms. The van der Waals surface area contributed by atoms with Crippen LogP contribution in [-0.4, -0.2) is 37.0 Å². The molecule has 5 nitrogen and oxygen atoms in total. The van der Waals surface area contributed by atoms with Gasteiger partial charge in [-0.1, -0.05) is 30.3 Å².